The van der Waals surface area contributed by atoms with Crippen molar-refractivity contribution < 1.29 is 13.9 Å². The van der Waals surface area contributed by atoms with E-state index >= 15 is 0 Å². The molecular formula is C28H44FN3O2. The fraction of sp³-hybridized carbons (Fsp3) is 0.536. The van der Waals surface area contributed by atoms with E-state index in [4.69, 9.17) is 10.5 Å². The summed E-state index contributed by atoms with van der Waals surface area (Å²) >= 11 is 0. The Hall–Kier alpha value is -2.44. The number of hydrogen-bond donors (Lipinski definition) is 1. The van der Waals surface area contributed by atoms with Crippen molar-refractivity contribution in [3.63, 3.8) is 0 Å². The van der Waals surface area contributed by atoms with Crippen LogP contribution in [0.4, 0.5) is 9.18 Å². The second kappa shape index (κ2) is 14.1. The van der Waals surface area contributed by atoms with Gasteiger partial charge in [0.1, 0.15) is 11.4 Å². The fourth-order valence-corrected chi connectivity index (χ4v) is 3.78. The van der Waals surface area contributed by atoms with Crippen molar-refractivity contribution >= 4 is 6.09 Å². The van der Waals surface area contributed by atoms with Crippen molar-refractivity contribution in [3.05, 3.63) is 59.4 Å². The van der Waals surface area contributed by atoms with E-state index in [0.29, 0.717) is 18.7 Å². The highest BCUT2D eigenvalue weighted by molar-refractivity contribution is 5.68. The van der Waals surface area contributed by atoms with Crippen LogP contribution in [0.3, 0.4) is 0 Å². The van der Waals surface area contributed by atoms with E-state index in [1.807, 2.05) is 79.7 Å². The fourth-order valence-electron chi connectivity index (χ4n) is 3.78. The van der Waals surface area contributed by atoms with Crippen LogP contribution >= 0.6 is 0 Å². The summed E-state index contributed by atoms with van der Waals surface area (Å²) in [5.41, 5.74) is 8.66. The van der Waals surface area contributed by atoms with Crippen LogP contribution in [0.5, 0.6) is 0 Å². The van der Waals surface area contributed by atoms with Crippen molar-refractivity contribution in [2.45, 2.75) is 80.1 Å². The Bertz CT molecular complexity index is 895. The molecule has 1 aliphatic heterocycles. The molecule has 1 heterocycles. The molecule has 1 atom stereocenters. The van der Waals surface area contributed by atoms with Gasteiger partial charge in [-0.15, -0.1) is 0 Å². The van der Waals surface area contributed by atoms with E-state index < -0.39 is 5.60 Å². The number of piperazine rings is 1. The van der Waals surface area contributed by atoms with E-state index in [-0.39, 0.29) is 18.0 Å². The molecule has 3 rings (SSSR count). The van der Waals surface area contributed by atoms with Crippen LogP contribution in [0.1, 0.15) is 66.5 Å². The molecule has 1 aliphatic rings. The van der Waals surface area contributed by atoms with Gasteiger partial charge >= 0.3 is 6.09 Å². The highest BCUT2D eigenvalue weighted by atomic mass is 19.1. The third kappa shape index (κ3) is 8.73. The molecule has 1 fully saturated rings. The molecule has 2 N–H and O–H groups in total. The molecule has 1 saturated heterocycles. The van der Waals surface area contributed by atoms with Gasteiger partial charge in [-0.3, -0.25) is 4.90 Å². The number of amides is 1. The number of hydrogen-bond acceptors (Lipinski definition) is 4. The van der Waals surface area contributed by atoms with E-state index in [1.54, 1.807) is 11.0 Å². The zero-order chi connectivity index (χ0) is 25.9. The smallest absolute Gasteiger partial charge is 0.410 e. The highest BCUT2D eigenvalue weighted by Gasteiger charge is 2.30. The zero-order valence-corrected chi connectivity index (χ0v) is 22.3. The van der Waals surface area contributed by atoms with Crippen LogP contribution in [0.2, 0.25) is 0 Å². The lowest BCUT2D eigenvalue weighted by Gasteiger charge is -2.40. The topological polar surface area (TPSA) is 58.8 Å². The van der Waals surface area contributed by atoms with E-state index in [0.717, 1.165) is 36.3 Å². The van der Waals surface area contributed by atoms with Gasteiger partial charge < -0.3 is 15.4 Å². The number of carbonyl (C=O) groups is 1. The second-order valence-electron chi connectivity index (χ2n) is 8.98. The quantitative estimate of drug-likeness (QED) is 0.555. The summed E-state index contributed by atoms with van der Waals surface area (Å²) in [6, 6.07) is 13.0. The zero-order valence-electron chi connectivity index (χ0n) is 22.3. The predicted molar refractivity (Wildman–Crippen MR) is 140 cm³/mol. The van der Waals surface area contributed by atoms with Gasteiger partial charge in [0.05, 0.1) is 0 Å². The lowest BCUT2D eigenvalue weighted by atomic mass is 10.00. The molecule has 0 spiro atoms. The molecule has 34 heavy (non-hydrogen) atoms. The first-order chi connectivity index (χ1) is 16.2. The predicted octanol–water partition coefficient (Wildman–Crippen LogP) is 6.45. The van der Waals surface area contributed by atoms with Gasteiger partial charge in [-0.2, -0.15) is 0 Å². The number of carbonyl (C=O) groups excluding carboxylic acids is 1. The number of rotatable bonds is 4. The highest BCUT2D eigenvalue weighted by Crippen LogP contribution is 2.26. The SMILES string of the molecule is CC.CC.CC1CN(Cc2cccc(-c3cc(CN)ccc3F)c2)CCN1C(=O)OC(C)(C)C. The van der Waals surface area contributed by atoms with Crippen LogP contribution in [-0.4, -0.2) is 47.2 Å². The molecular weight excluding hydrogens is 429 g/mol. The number of ether oxygens (including phenoxy) is 1. The molecule has 0 saturated carbocycles. The molecule has 6 heteroatoms. The Morgan fingerprint density at radius 3 is 2.32 bits per heavy atom. The average molecular weight is 474 g/mol. The minimum Gasteiger partial charge on any atom is -0.444 e. The first-order valence-electron chi connectivity index (χ1n) is 12.5. The first-order valence-corrected chi connectivity index (χ1v) is 12.5. The minimum atomic E-state index is -0.495. The third-order valence-corrected chi connectivity index (χ3v) is 5.25. The van der Waals surface area contributed by atoms with Gasteiger partial charge in [-0.05, 0) is 62.6 Å². The number of nitrogens with zero attached hydrogens (tertiary/aromatic N) is 2. The summed E-state index contributed by atoms with van der Waals surface area (Å²) in [7, 11) is 0. The van der Waals surface area contributed by atoms with Gasteiger partial charge in [-0.1, -0.05) is 52.0 Å². The molecule has 0 aromatic heterocycles. The summed E-state index contributed by atoms with van der Waals surface area (Å²) in [5.74, 6) is -0.246. The Morgan fingerprint density at radius 1 is 1.06 bits per heavy atom. The molecule has 5 nitrogen and oxygen atoms in total. The van der Waals surface area contributed by atoms with Gasteiger partial charge in [-0.25, -0.2) is 9.18 Å². The van der Waals surface area contributed by atoms with Crippen LogP contribution in [0.15, 0.2) is 42.5 Å². The van der Waals surface area contributed by atoms with Gasteiger partial charge in [0.25, 0.3) is 0 Å². The second-order valence-corrected chi connectivity index (χ2v) is 8.98. The third-order valence-electron chi connectivity index (χ3n) is 5.25. The molecule has 0 aliphatic carbocycles. The van der Waals surface area contributed by atoms with Crippen molar-refractivity contribution in [2.24, 2.45) is 5.73 Å². The Balaban J connectivity index is 0.00000137. The number of benzene rings is 2. The molecule has 0 radical (unpaired) electrons. The van der Waals surface area contributed by atoms with Crippen molar-refractivity contribution in [2.75, 3.05) is 19.6 Å². The van der Waals surface area contributed by atoms with E-state index in [2.05, 4.69) is 11.0 Å². The number of halogens is 1. The summed E-state index contributed by atoms with van der Waals surface area (Å²) in [4.78, 5) is 16.5. The molecule has 1 amide bonds. The maximum absolute atomic E-state index is 14.4. The molecule has 0 bridgehead atoms. The Kier molecular flexibility index (Phi) is 12.2. The monoisotopic (exact) mass is 473 g/mol. The molecule has 190 valence electrons. The van der Waals surface area contributed by atoms with E-state index in [1.165, 1.54) is 6.07 Å². The van der Waals surface area contributed by atoms with Gasteiger partial charge in [0.2, 0.25) is 0 Å². The summed E-state index contributed by atoms with van der Waals surface area (Å²) in [6.45, 7) is 19.0. The maximum Gasteiger partial charge on any atom is 0.410 e. The molecule has 2 aromatic rings. The minimum absolute atomic E-state index is 0.0652. The van der Waals surface area contributed by atoms with Crippen LogP contribution in [0, 0.1) is 5.82 Å². The van der Waals surface area contributed by atoms with Crippen LogP contribution in [-0.2, 0) is 17.8 Å². The van der Waals surface area contributed by atoms with Crippen molar-refractivity contribution in [1.29, 1.82) is 0 Å². The lowest BCUT2D eigenvalue weighted by Crippen LogP contribution is -2.54. The van der Waals surface area contributed by atoms with Crippen LogP contribution in [0.25, 0.3) is 11.1 Å². The Morgan fingerprint density at radius 2 is 1.74 bits per heavy atom. The normalized spacial score (nSPS) is 16.1. The summed E-state index contributed by atoms with van der Waals surface area (Å²) < 4.78 is 19.9. The largest absolute Gasteiger partial charge is 0.444 e. The van der Waals surface area contributed by atoms with Gasteiger partial charge in [0, 0.05) is 44.3 Å². The summed E-state index contributed by atoms with van der Waals surface area (Å²) in [5, 5.41) is 0. The molecule has 1 unspecified atom stereocenters. The first kappa shape index (κ1) is 29.6. The average Bonchev–Trinajstić information content (AvgIpc) is 2.81. The van der Waals surface area contributed by atoms with Crippen LogP contribution < -0.4 is 5.73 Å². The van der Waals surface area contributed by atoms with Crippen molar-refractivity contribution in [1.82, 2.24) is 9.80 Å². The number of nitrogens with two attached hydrogens (primary N) is 1. The van der Waals surface area contributed by atoms with Gasteiger partial charge in [0.15, 0.2) is 0 Å². The lowest BCUT2D eigenvalue weighted by molar-refractivity contribution is 0.000563. The van der Waals surface area contributed by atoms with Crippen molar-refractivity contribution in [3.8, 4) is 11.1 Å². The standard InChI is InChI=1S/C24H32FN3O2.2C2H6/c1-17-15-27(10-11-28(17)23(29)30-24(2,3)4)16-19-6-5-7-20(12-19)21-13-18(14-26)8-9-22(21)25;2*1-2/h5-9,12-13,17H,10-11,14-16,26H2,1-4H3;2*1-2H3. The molecule has 2 aromatic carbocycles. The Labute approximate surface area is 206 Å². The van der Waals surface area contributed by atoms with E-state index in [9.17, 15) is 9.18 Å². The maximum atomic E-state index is 14.4. The summed E-state index contributed by atoms with van der Waals surface area (Å²) in [6.07, 6.45) is -0.257.